The number of rotatable bonds is 15. The maximum absolute atomic E-state index is 14.8. The number of ether oxygens (including phenoxy) is 1. The van der Waals surface area contributed by atoms with E-state index in [4.69, 9.17) is 4.74 Å². The van der Waals surface area contributed by atoms with E-state index in [2.05, 4.69) is 24.9 Å². The van der Waals surface area contributed by atoms with Crippen molar-refractivity contribution in [1.29, 1.82) is 0 Å². The Hall–Kier alpha value is -1.90. The van der Waals surface area contributed by atoms with Crippen LogP contribution in [0.15, 0.2) is 36.5 Å². The quantitative estimate of drug-likeness (QED) is 0.243. The first-order chi connectivity index (χ1) is 16.7. The first-order valence-corrected chi connectivity index (χ1v) is 14.1. The zero-order chi connectivity index (χ0) is 24.0. The van der Waals surface area contributed by atoms with Gasteiger partial charge in [0.05, 0.1) is 12.3 Å². The zero-order valence-corrected chi connectivity index (χ0v) is 21.7. The minimum atomic E-state index is -0.260. The van der Waals surface area contributed by atoms with E-state index in [1.807, 2.05) is 18.3 Å². The standard InChI is InChI=1S/C31H46FNO/c1-3-5-7-9-10-12-22-34-28-19-20-29(30(32)23-28)31-21-18-27(24-33-31)26-16-14-25(15-17-26)13-11-8-6-4-2/h18-21,23-26H,3-17,22H2,1-2H3. The second kappa shape index (κ2) is 15.2. The predicted octanol–water partition coefficient (Wildman–Crippen LogP) is 9.87. The molecule has 0 saturated heterocycles. The van der Waals surface area contributed by atoms with Crippen molar-refractivity contribution in [3.8, 4) is 17.0 Å². The van der Waals surface area contributed by atoms with E-state index in [1.54, 1.807) is 6.07 Å². The lowest BCUT2D eigenvalue weighted by Crippen LogP contribution is -2.13. The van der Waals surface area contributed by atoms with E-state index in [0.29, 0.717) is 29.5 Å². The molecule has 1 aromatic carbocycles. The van der Waals surface area contributed by atoms with Crippen molar-refractivity contribution in [3.05, 3.63) is 47.9 Å². The van der Waals surface area contributed by atoms with E-state index >= 15 is 0 Å². The molecule has 1 aliphatic rings. The Bertz CT molecular complexity index is 811. The summed E-state index contributed by atoms with van der Waals surface area (Å²) in [6.07, 6.45) is 21.4. The molecule has 0 unspecified atom stereocenters. The van der Waals surface area contributed by atoms with Crippen LogP contribution in [0.4, 0.5) is 4.39 Å². The summed E-state index contributed by atoms with van der Waals surface area (Å²) in [7, 11) is 0. The lowest BCUT2D eigenvalue weighted by molar-refractivity contribution is 0.302. The van der Waals surface area contributed by atoms with Crippen LogP contribution in [0.2, 0.25) is 0 Å². The first kappa shape index (κ1) is 26.7. The number of pyridine rings is 1. The summed E-state index contributed by atoms with van der Waals surface area (Å²) in [5.41, 5.74) is 2.56. The maximum atomic E-state index is 14.8. The highest BCUT2D eigenvalue weighted by Gasteiger charge is 2.22. The van der Waals surface area contributed by atoms with E-state index in [1.165, 1.54) is 102 Å². The normalized spacial score (nSPS) is 18.2. The van der Waals surface area contributed by atoms with Gasteiger partial charge >= 0.3 is 0 Å². The fourth-order valence-corrected chi connectivity index (χ4v) is 5.32. The van der Waals surface area contributed by atoms with Gasteiger partial charge in [-0.25, -0.2) is 4.39 Å². The minimum Gasteiger partial charge on any atom is -0.493 e. The van der Waals surface area contributed by atoms with Crippen molar-refractivity contribution < 1.29 is 9.13 Å². The van der Waals surface area contributed by atoms with Crippen molar-refractivity contribution in [1.82, 2.24) is 4.98 Å². The summed E-state index contributed by atoms with van der Waals surface area (Å²) in [6.45, 7) is 5.16. The third-order valence-electron chi connectivity index (χ3n) is 7.55. The van der Waals surface area contributed by atoms with Gasteiger partial charge in [-0.05, 0) is 67.7 Å². The molecule has 0 atom stereocenters. The Labute approximate surface area is 207 Å². The lowest BCUT2D eigenvalue weighted by Gasteiger charge is -2.28. The van der Waals surface area contributed by atoms with E-state index in [-0.39, 0.29) is 5.82 Å². The smallest absolute Gasteiger partial charge is 0.136 e. The van der Waals surface area contributed by atoms with Gasteiger partial charge in [0.15, 0.2) is 0 Å². The highest BCUT2D eigenvalue weighted by Crippen LogP contribution is 2.38. The van der Waals surface area contributed by atoms with Crippen LogP contribution in [0.3, 0.4) is 0 Å². The van der Waals surface area contributed by atoms with Gasteiger partial charge in [0.2, 0.25) is 0 Å². The second-order valence-corrected chi connectivity index (χ2v) is 10.3. The lowest BCUT2D eigenvalue weighted by atomic mass is 9.77. The van der Waals surface area contributed by atoms with Gasteiger partial charge in [-0.3, -0.25) is 4.98 Å². The van der Waals surface area contributed by atoms with Gasteiger partial charge in [-0.1, -0.05) is 84.1 Å². The fourth-order valence-electron chi connectivity index (χ4n) is 5.32. The number of nitrogens with zero attached hydrogens (tertiary/aromatic N) is 1. The monoisotopic (exact) mass is 467 g/mol. The van der Waals surface area contributed by atoms with Gasteiger partial charge < -0.3 is 4.74 Å². The molecule has 3 rings (SSSR count). The van der Waals surface area contributed by atoms with Crippen molar-refractivity contribution >= 4 is 0 Å². The minimum absolute atomic E-state index is 0.260. The summed E-state index contributed by atoms with van der Waals surface area (Å²) >= 11 is 0. The molecule has 0 aliphatic heterocycles. The molecule has 0 N–H and O–H groups in total. The molecular formula is C31H46FNO. The molecule has 2 aromatic rings. The van der Waals surface area contributed by atoms with Crippen LogP contribution in [0.5, 0.6) is 5.75 Å². The second-order valence-electron chi connectivity index (χ2n) is 10.3. The number of hydrogen-bond donors (Lipinski definition) is 0. The number of hydrogen-bond acceptors (Lipinski definition) is 2. The molecular weight excluding hydrogens is 421 g/mol. The van der Waals surface area contributed by atoms with Crippen LogP contribution in [-0.4, -0.2) is 11.6 Å². The summed E-state index contributed by atoms with van der Waals surface area (Å²) < 4.78 is 20.5. The summed E-state index contributed by atoms with van der Waals surface area (Å²) in [5, 5.41) is 0. The topological polar surface area (TPSA) is 22.1 Å². The predicted molar refractivity (Wildman–Crippen MR) is 142 cm³/mol. The maximum Gasteiger partial charge on any atom is 0.136 e. The van der Waals surface area contributed by atoms with E-state index in [0.717, 1.165) is 12.3 Å². The highest BCUT2D eigenvalue weighted by molar-refractivity contribution is 5.61. The van der Waals surface area contributed by atoms with Gasteiger partial charge in [0, 0.05) is 17.8 Å². The number of aromatic nitrogens is 1. The molecule has 1 heterocycles. The fraction of sp³-hybridized carbons (Fsp3) is 0.645. The van der Waals surface area contributed by atoms with Gasteiger partial charge in [-0.2, -0.15) is 0 Å². The van der Waals surface area contributed by atoms with E-state index < -0.39 is 0 Å². The molecule has 2 nitrogen and oxygen atoms in total. The molecule has 0 spiro atoms. The average Bonchev–Trinajstić information content (AvgIpc) is 2.87. The molecule has 0 bridgehead atoms. The molecule has 188 valence electrons. The number of benzene rings is 1. The number of unbranched alkanes of at least 4 members (excludes halogenated alkanes) is 8. The summed E-state index contributed by atoms with van der Waals surface area (Å²) in [6, 6.07) is 9.33. The third-order valence-corrected chi connectivity index (χ3v) is 7.55. The van der Waals surface area contributed by atoms with Gasteiger partial charge in [0.1, 0.15) is 11.6 Å². The Morgan fingerprint density at radius 1 is 0.824 bits per heavy atom. The highest BCUT2D eigenvalue weighted by atomic mass is 19.1. The largest absolute Gasteiger partial charge is 0.493 e. The zero-order valence-electron chi connectivity index (χ0n) is 21.7. The Morgan fingerprint density at radius 2 is 1.53 bits per heavy atom. The van der Waals surface area contributed by atoms with Crippen LogP contribution < -0.4 is 4.74 Å². The molecule has 1 aromatic heterocycles. The molecule has 3 heteroatoms. The third kappa shape index (κ3) is 8.71. The van der Waals surface area contributed by atoms with Crippen molar-refractivity contribution in [2.24, 2.45) is 5.92 Å². The molecule has 1 saturated carbocycles. The molecule has 1 fully saturated rings. The Balaban J connectivity index is 1.44. The molecule has 34 heavy (non-hydrogen) atoms. The van der Waals surface area contributed by atoms with Crippen LogP contribution in [0.25, 0.3) is 11.3 Å². The van der Waals surface area contributed by atoms with Crippen LogP contribution in [0, 0.1) is 11.7 Å². The number of halogens is 1. The summed E-state index contributed by atoms with van der Waals surface area (Å²) in [4.78, 5) is 4.63. The SMILES string of the molecule is CCCCCCCCOc1ccc(-c2ccc(C3CCC(CCCCCC)CC3)cn2)c(F)c1. The molecule has 0 radical (unpaired) electrons. The van der Waals surface area contributed by atoms with Crippen LogP contribution >= 0.6 is 0 Å². The van der Waals surface area contributed by atoms with Gasteiger partial charge in [-0.15, -0.1) is 0 Å². The summed E-state index contributed by atoms with van der Waals surface area (Å²) in [5.74, 6) is 1.87. The van der Waals surface area contributed by atoms with Crippen molar-refractivity contribution in [3.63, 3.8) is 0 Å². The Morgan fingerprint density at radius 3 is 2.21 bits per heavy atom. The van der Waals surface area contributed by atoms with Crippen LogP contribution in [0.1, 0.15) is 122 Å². The van der Waals surface area contributed by atoms with E-state index in [9.17, 15) is 4.39 Å². The average molecular weight is 468 g/mol. The van der Waals surface area contributed by atoms with Crippen molar-refractivity contribution in [2.45, 2.75) is 116 Å². The Kier molecular flexibility index (Phi) is 11.9. The molecule has 0 amide bonds. The van der Waals surface area contributed by atoms with Crippen LogP contribution in [-0.2, 0) is 0 Å². The first-order valence-electron chi connectivity index (χ1n) is 14.1. The van der Waals surface area contributed by atoms with Crippen molar-refractivity contribution in [2.75, 3.05) is 6.61 Å². The molecule has 1 aliphatic carbocycles. The van der Waals surface area contributed by atoms with Gasteiger partial charge in [0.25, 0.3) is 0 Å².